The van der Waals surface area contributed by atoms with Crippen LogP contribution in [0.5, 0.6) is 0 Å². The second kappa shape index (κ2) is 2.38. The fourth-order valence-corrected chi connectivity index (χ4v) is 1.33. The Labute approximate surface area is 65.5 Å². The maximum absolute atomic E-state index is 10.9. The lowest BCUT2D eigenvalue weighted by molar-refractivity contribution is -0.115. The van der Waals surface area contributed by atoms with E-state index in [4.69, 9.17) is 0 Å². The third kappa shape index (κ3) is 1.11. The molecule has 0 saturated heterocycles. The minimum atomic E-state index is 0.214. The molecule has 2 aliphatic heterocycles. The van der Waals surface area contributed by atoms with Gasteiger partial charge in [0, 0.05) is 18.8 Å². The second-order valence-corrected chi connectivity index (χ2v) is 2.73. The van der Waals surface area contributed by atoms with Crippen molar-refractivity contribution in [3.63, 3.8) is 0 Å². The molecule has 56 valence electrons. The SMILES string of the molecule is O=C1C=CN2C=CC=CC2C1. The van der Waals surface area contributed by atoms with Crippen molar-refractivity contribution in [2.45, 2.75) is 12.5 Å². The average Bonchev–Trinajstić information content (AvgIpc) is 2.04. The van der Waals surface area contributed by atoms with Crippen molar-refractivity contribution >= 4 is 5.78 Å². The van der Waals surface area contributed by atoms with Gasteiger partial charge in [-0.15, -0.1) is 0 Å². The summed E-state index contributed by atoms with van der Waals surface area (Å²) in [6.07, 6.45) is 12.0. The van der Waals surface area contributed by atoms with Crippen LogP contribution in [-0.2, 0) is 4.79 Å². The monoisotopic (exact) mass is 147 g/mol. The number of fused-ring (bicyclic) bond motifs is 1. The van der Waals surface area contributed by atoms with Gasteiger partial charge in [0.25, 0.3) is 0 Å². The predicted molar refractivity (Wildman–Crippen MR) is 42.7 cm³/mol. The molecular formula is C9H9NO. The molecule has 0 aromatic rings. The van der Waals surface area contributed by atoms with Gasteiger partial charge in [-0.2, -0.15) is 0 Å². The number of carbonyl (C=O) groups is 1. The Bertz CT molecular complexity index is 263. The highest BCUT2D eigenvalue weighted by molar-refractivity contribution is 5.91. The van der Waals surface area contributed by atoms with E-state index < -0.39 is 0 Å². The molecule has 0 bridgehead atoms. The Morgan fingerprint density at radius 3 is 3.18 bits per heavy atom. The maximum atomic E-state index is 10.9. The molecule has 1 unspecified atom stereocenters. The van der Waals surface area contributed by atoms with E-state index in [1.165, 1.54) is 0 Å². The van der Waals surface area contributed by atoms with Gasteiger partial charge in [-0.25, -0.2) is 0 Å². The standard InChI is InChI=1S/C9H9NO/c11-9-4-6-10-5-2-1-3-8(10)7-9/h1-6,8H,7H2. The average molecular weight is 147 g/mol. The van der Waals surface area contributed by atoms with Gasteiger partial charge >= 0.3 is 0 Å². The van der Waals surface area contributed by atoms with Crippen LogP contribution in [0.2, 0.25) is 0 Å². The molecule has 2 rings (SSSR count). The summed E-state index contributed by atoms with van der Waals surface area (Å²) in [5, 5.41) is 0. The van der Waals surface area contributed by atoms with Gasteiger partial charge in [-0.1, -0.05) is 12.2 Å². The van der Waals surface area contributed by atoms with Crippen molar-refractivity contribution in [3.05, 3.63) is 36.7 Å². The predicted octanol–water partition coefficient (Wildman–Crippen LogP) is 1.23. The summed E-state index contributed by atoms with van der Waals surface area (Å²) >= 11 is 0. The number of ketones is 1. The smallest absolute Gasteiger partial charge is 0.159 e. The number of allylic oxidation sites excluding steroid dienone is 3. The van der Waals surface area contributed by atoms with Crippen LogP contribution in [0.25, 0.3) is 0 Å². The Morgan fingerprint density at radius 1 is 1.36 bits per heavy atom. The van der Waals surface area contributed by atoms with E-state index in [1.54, 1.807) is 6.08 Å². The first kappa shape index (κ1) is 6.40. The van der Waals surface area contributed by atoms with Crippen LogP contribution in [0.4, 0.5) is 0 Å². The molecule has 2 nitrogen and oxygen atoms in total. The summed E-state index contributed by atoms with van der Waals surface area (Å²) in [6.45, 7) is 0. The van der Waals surface area contributed by atoms with Gasteiger partial charge in [0.2, 0.25) is 0 Å². The Morgan fingerprint density at radius 2 is 2.27 bits per heavy atom. The molecule has 1 atom stereocenters. The van der Waals surface area contributed by atoms with Crippen LogP contribution < -0.4 is 0 Å². The fourth-order valence-electron chi connectivity index (χ4n) is 1.33. The molecule has 0 aliphatic carbocycles. The van der Waals surface area contributed by atoms with Crippen molar-refractivity contribution in [1.82, 2.24) is 4.90 Å². The molecular weight excluding hydrogens is 138 g/mol. The molecule has 0 fully saturated rings. The number of hydrogen-bond acceptors (Lipinski definition) is 2. The van der Waals surface area contributed by atoms with Crippen molar-refractivity contribution in [2.24, 2.45) is 0 Å². The van der Waals surface area contributed by atoms with Crippen LogP contribution in [0, 0.1) is 0 Å². The summed E-state index contributed by atoms with van der Waals surface area (Å²) in [4.78, 5) is 13.0. The Balaban J connectivity index is 2.26. The second-order valence-electron chi connectivity index (χ2n) is 2.73. The van der Waals surface area contributed by atoms with E-state index in [2.05, 4.69) is 0 Å². The van der Waals surface area contributed by atoms with E-state index >= 15 is 0 Å². The lowest BCUT2D eigenvalue weighted by atomic mass is 10.0. The topological polar surface area (TPSA) is 20.3 Å². The zero-order chi connectivity index (χ0) is 7.68. The number of nitrogens with zero attached hydrogens (tertiary/aromatic N) is 1. The normalized spacial score (nSPS) is 27.5. The number of carbonyl (C=O) groups excluding carboxylic acids is 1. The molecule has 2 heterocycles. The van der Waals surface area contributed by atoms with Crippen LogP contribution in [0.1, 0.15) is 6.42 Å². The molecule has 0 amide bonds. The van der Waals surface area contributed by atoms with Crippen LogP contribution >= 0.6 is 0 Å². The summed E-state index contributed by atoms with van der Waals surface area (Å²) in [6, 6.07) is 0.262. The first-order valence-corrected chi connectivity index (χ1v) is 3.70. The minimum absolute atomic E-state index is 0.214. The number of rotatable bonds is 0. The van der Waals surface area contributed by atoms with Crippen LogP contribution in [0.3, 0.4) is 0 Å². The Kier molecular flexibility index (Phi) is 1.39. The highest BCUT2D eigenvalue weighted by atomic mass is 16.1. The van der Waals surface area contributed by atoms with Gasteiger partial charge in [-0.05, 0) is 12.2 Å². The molecule has 11 heavy (non-hydrogen) atoms. The highest BCUT2D eigenvalue weighted by Crippen LogP contribution is 2.16. The third-order valence-corrected chi connectivity index (χ3v) is 1.93. The zero-order valence-electron chi connectivity index (χ0n) is 6.10. The molecule has 0 saturated carbocycles. The molecule has 0 N–H and O–H groups in total. The van der Waals surface area contributed by atoms with E-state index in [0.29, 0.717) is 6.42 Å². The molecule has 0 spiro atoms. The summed E-state index contributed by atoms with van der Waals surface area (Å²) in [5.74, 6) is 0.214. The number of hydrogen-bond donors (Lipinski definition) is 0. The molecule has 2 heteroatoms. The molecule has 2 aliphatic rings. The summed E-state index contributed by atoms with van der Waals surface area (Å²) in [5.41, 5.74) is 0. The van der Waals surface area contributed by atoms with Gasteiger partial charge in [0.15, 0.2) is 5.78 Å². The van der Waals surface area contributed by atoms with Crippen LogP contribution in [0.15, 0.2) is 36.7 Å². The van der Waals surface area contributed by atoms with Crippen molar-refractivity contribution < 1.29 is 4.79 Å². The van der Waals surface area contributed by atoms with E-state index in [1.807, 2.05) is 35.5 Å². The van der Waals surface area contributed by atoms with Crippen LogP contribution in [-0.4, -0.2) is 16.7 Å². The largest absolute Gasteiger partial charge is 0.347 e. The first-order valence-electron chi connectivity index (χ1n) is 3.70. The first-order chi connectivity index (χ1) is 5.36. The van der Waals surface area contributed by atoms with E-state index in [9.17, 15) is 4.79 Å². The van der Waals surface area contributed by atoms with Gasteiger partial charge in [-0.3, -0.25) is 4.79 Å². The highest BCUT2D eigenvalue weighted by Gasteiger charge is 2.18. The molecule has 0 radical (unpaired) electrons. The molecule has 0 aromatic heterocycles. The third-order valence-electron chi connectivity index (χ3n) is 1.93. The molecule has 0 aromatic carbocycles. The fraction of sp³-hybridized carbons (Fsp3) is 0.222. The van der Waals surface area contributed by atoms with Gasteiger partial charge in [0.1, 0.15) is 0 Å². The van der Waals surface area contributed by atoms with Crippen molar-refractivity contribution in [1.29, 1.82) is 0 Å². The van der Waals surface area contributed by atoms with Crippen molar-refractivity contribution in [3.8, 4) is 0 Å². The Hall–Kier alpha value is -1.31. The quantitative estimate of drug-likeness (QED) is 0.513. The minimum Gasteiger partial charge on any atom is -0.347 e. The van der Waals surface area contributed by atoms with Gasteiger partial charge in [0.05, 0.1) is 6.04 Å². The summed E-state index contributed by atoms with van der Waals surface area (Å²) < 4.78 is 0. The lowest BCUT2D eigenvalue weighted by Crippen LogP contribution is -2.31. The lowest BCUT2D eigenvalue weighted by Gasteiger charge is -2.28. The van der Waals surface area contributed by atoms with Crippen molar-refractivity contribution in [2.75, 3.05) is 0 Å². The van der Waals surface area contributed by atoms with E-state index in [-0.39, 0.29) is 11.8 Å². The summed E-state index contributed by atoms with van der Waals surface area (Å²) in [7, 11) is 0. The van der Waals surface area contributed by atoms with E-state index in [0.717, 1.165) is 0 Å². The zero-order valence-corrected chi connectivity index (χ0v) is 6.10. The van der Waals surface area contributed by atoms with Gasteiger partial charge < -0.3 is 4.90 Å². The maximum Gasteiger partial charge on any atom is 0.159 e.